The third-order valence-corrected chi connectivity index (χ3v) is 6.87. The Morgan fingerprint density at radius 1 is 1.00 bits per heavy atom. The lowest BCUT2D eigenvalue weighted by atomic mass is 10.2. The smallest absolute Gasteiger partial charge is 0.319 e. The van der Waals surface area contributed by atoms with Gasteiger partial charge in [-0.05, 0) is 30.7 Å². The Morgan fingerprint density at radius 3 is 2.46 bits per heavy atom. The molecule has 3 aromatic carbocycles. The molecule has 1 aromatic heterocycles. The lowest BCUT2D eigenvalue weighted by Crippen LogP contribution is -2.29. The molecule has 192 valence electrons. The molecule has 0 saturated heterocycles. The van der Waals surface area contributed by atoms with Gasteiger partial charge in [-0.2, -0.15) is 0 Å². The van der Waals surface area contributed by atoms with E-state index in [-0.39, 0.29) is 6.54 Å². The third-order valence-electron chi connectivity index (χ3n) is 5.32. The molecule has 0 fully saturated rings. The molecule has 0 saturated carbocycles. The SMILES string of the molecule is COc1cc(NC(=O)NCc2nnc(SCc3cccc(C)c3)n2-c2cc(Cl)ccc2Cl)cc(OC)c1. The maximum Gasteiger partial charge on any atom is 0.319 e. The first-order chi connectivity index (χ1) is 17.9. The van der Waals surface area contributed by atoms with Gasteiger partial charge in [0.15, 0.2) is 11.0 Å². The first-order valence-electron chi connectivity index (χ1n) is 11.2. The van der Waals surface area contributed by atoms with E-state index in [2.05, 4.69) is 46.0 Å². The topological polar surface area (TPSA) is 90.3 Å². The van der Waals surface area contributed by atoms with Crippen molar-refractivity contribution in [3.05, 3.63) is 87.7 Å². The number of thioether (sulfide) groups is 1. The molecule has 4 rings (SSSR count). The van der Waals surface area contributed by atoms with E-state index >= 15 is 0 Å². The number of hydrogen-bond acceptors (Lipinski definition) is 6. The molecule has 0 aliphatic carbocycles. The minimum atomic E-state index is -0.434. The van der Waals surface area contributed by atoms with Crippen molar-refractivity contribution >= 4 is 46.7 Å². The third kappa shape index (κ3) is 6.88. The largest absolute Gasteiger partial charge is 0.497 e. The number of anilines is 1. The number of ether oxygens (including phenoxy) is 2. The summed E-state index contributed by atoms with van der Waals surface area (Å²) < 4.78 is 12.3. The summed E-state index contributed by atoms with van der Waals surface area (Å²) in [5.41, 5.74) is 3.48. The Bertz CT molecular complexity index is 1390. The summed E-state index contributed by atoms with van der Waals surface area (Å²) in [7, 11) is 3.09. The molecule has 0 aliphatic rings. The normalized spacial score (nSPS) is 10.7. The average Bonchev–Trinajstić information content (AvgIpc) is 3.30. The highest BCUT2D eigenvalue weighted by Gasteiger charge is 2.18. The van der Waals surface area contributed by atoms with Gasteiger partial charge in [0, 0.05) is 34.7 Å². The number of aromatic nitrogens is 3. The van der Waals surface area contributed by atoms with Gasteiger partial charge in [0.1, 0.15) is 11.5 Å². The van der Waals surface area contributed by atoms with E-state index in [4.69, 9.17) is 32.7 Å². The molecule has 11 heteroatoms. The van der Waals surface area contributed by atoms with Crippen molar-refractivity contribution in [2.45, 2.75) is 24.4 Å². The number of methoxy groups -OCH3 is 2. The molecule has 8 nitrogen and oxygen atoms in total. The molecule has 0 radical (unpaired) electrons. The van der Waals surface area contributed by atoms with Crippen LogP contribution in [0, 0.1) is 6.92 Å². The van der Waals surface area contributed by atoms with E-state index in [0.29, 0.717) is 49.7 Å². The van der Waals surface area contributed by atoms with E-state index in [0.717, 1.165) is 5.56 Å². The van der Waals surface area contributed by atoms with Crippen molar-refractivity contribution < 1.29 is 14.3 Å². The van der Waals surface area contributed by atoms with Crippen molar-refractivity contribution in [1.82, 2.24) is 20.1 Å². The number of benzene rings is 3. The summed E-state index contributed by atoms with van der Waals surface area (Å²) in [6.07, 6.45) is 0. The van der Waals surface area contributed by atoms with Gasteiger partial charge in [0.05, 0.1) is 31.5 Å². The van der Waals surface area contributed by atoms with Gasteiger partial charge in [0.2, 0.25) is 0 Å². The fraction of sp³-hybridized carbons (Fsp3) is 0.192. The van der Waals surface area contributed by atoms with Crippen LogP contribution >= 0.6 is 35.0 Å². The van der Waals surface area contributed by atoms with Crippen LogP contribution in [0.2, 0.25) is 10.0 Å². The van der Waals surface area contributed by atoms with Crippen LogP contribution in [0.1, 0.15) is 17.0 Å². The van der Waals surface area contributed by atoms with E-state index in [1.165, 1.54) is 17.3 Å². The molecule has 37 heavy (non-hydrogen) atoms. The number of hydrogen-bond donors (Lipinski definition) is 2. The first kappa shape index (κ1) is 26.7. The van der Waals surface area contributed by atoms with Crippen LogP contribution in [0.3, 0.4) is 0 Å². The second-order valence-electron chi connectivity index (χ2n) is 8.02. The van der Waals surface area contributed by atoms with Crippen LogP contribution < -0.4 is 20.1 Å². The Balaban J connectivity index is 1.55. The second-order valence-corrected chi connectivity index (χ2v) is 9.80. The van der Waals surface area contributed by atoms with Gasteiger partial charge in [0.25, 0.3) is 0 Å². The van der Waals surface area contributed by atoms with E-state index in [1.54, 1.807) is 50.6 Å². The number of nitrogens with one attached hydrogen (secondary N) is 2. The summed E-state index contributed by atoms with van der Waals surface area (Å²) in [4.78, 5) is 12.7. The second kappa shape index (κ2) is 12.2. The molecular formula is C26H25Cl2N5O3S. The zero-order valence-corrected chi connectivity index (χ0v) is 22.7. The fourth-order valence-corrected chi connectivity index (χ4v) is 4.85. The molecule has 2 N–H and O–H groups in total. The molecule has 0 aliphatic heterocycles. The van der Waals surface area contributed by atoms with Gasteiger partial charge >= 0.3 is 6.03 Å². The zero-order valence-electron chi connectivity index (χ0n) is 20.4. The van der Waals surface area contributed by atoms with Crippen LogP contribution in [-0.2, 0) is 12.3 Å². The summed E-state index contributed by atoms with van der Waals surface area (Å²) in [5, 5.41) is 15.9. The number of halogens is 2. The molecular weight excluding hydrogens is 533 g/mol. The van der Waals surface area contributed by atoms with Crippen molar-refractivity contribution in [3.8, 4) is 17.2 Å². The first-order valence-corrected chi connectivity index (χ1v) is 13.0. The maximum atomic E-state index is 12.7. The Labute approximate surface area is 229 Å². The molecule has 0 bridgehead atoms. The number of carbonyl (C=O) groups is 1. The number of rotatable bonds is 9. The maximum absolute atomic E-state index is 12.7. The number of urea groups is 1. The summed E-state index contributed by atoms with van der Waals surface area (Å²) in [5.74, 6) is 2.29. The Hall–Kier alpha value is -3.40. The molecule has 2 amide bonds. The van der Waals surface area contributed by atoms with Crippen LogP contribution in [0.25, 0.3) is 5.69 Å². The lowest BCUT2D eigenvalue weighted by Gasteiger charge is -2.14. The number of carbonyl (C=O) groups excluding carboxylic acids is 1. The fourth-order valence-electron chi connectivity index (χ4n) is 3.57. The van der Waals surface area contributed by atoms with Crippen LogP contribution in [0.5, 0.6) is 11.5 Å². The standard InChI is InChI=1S/C26H25Cl2N5O3S/c1-16-5-4-6-17(9-16)15-37-26-32-31-24(33(26)23-10-18(27)7-8-22(23)28)14-29-25(34)30-19-11-20(35-2)13-21(12-19)36-3/h4-13H,14-15H2,1-3H3,(H2,29,30,34). The molecule has 0 atom stereocenters. The van der Waals surface area contributed by atoms with Gasteiger partial charge in [-0.25, -0.2) is 4.79 Å². The molecule has 0 unspecified atom stereocenters. The molecule has 0 spiro atoms. The molecule has 4 aromatic rings. The quantitative estimate of drug-likeness (QED) is 0.228. The summed E-state index contributed by atoms with van der Waals surface area (Å²) in [6, 6.07) is 18.1. The van der Waals surface area contributed by atoms with Crippen LogP contribution in [0.4, 0.5) is 10.5 Å². The molecule has 1 heterocycles. The Kier molecular flexibility index (Phi) is 8.81. The van der Waals surface area contributed by atoms with Gasteiger partial charge in [-0.3, -0.25) is 4.57 Å². The predicted molar refractivity (Wildman–Crippen MR) is 148 cm³/mol. The number of nitrogens with zero attached hydrogens (tertiary/aromatic N) is 3. The van der Waals surface area contributed by atoms with Crippen LogP contribution in [-0.4, -0.2) is 35.0 Å². The highest BCUT2D eigenvalue weighted by atomic mass is 35.5. The minimum Gasteiger partial charge on any atom is -0.497 e. The zero-order chi connectivity index (χ0) is 26.4. The van der Waals surface area contributed by atoms with Gasteiger partial charge in [-0.15, -0.1) is 10.2 Å². The van der Waals surface area contributed by atoms with E-state index in [9.17, 15) is 4.79 Å². The summed E-state index contributed by atoms with van der Waals surface area (Å²) in [6.45, 7) is 2.15. The van der Waals surface area contributed by atoms with Gasteiger partial charge < -0.3 is 20.1 Å². The van der Waals surface area contributed by atoms with Crippen molar-refractivity contribution in [2.24, 2.45) is 0 Å². The highest BCUT2D eigenvalue weighted by Crippen LogP contribution is 2.31. The summed E-state index contributed by atoms with van der Waals surface area (Å²) >= 11 is 14.3. The monoisotopic (exact) mass is 557 g/mol. The average molecular weight is 558 g/mol. The van der Waals surface area contributed by atoms with Crippen molar-refractivity contribution in [2.75, 3.05) is 19.5 Å². The number of amides is 2. The lowest BCUT2D eigenvalue weighted by molar-refractivity contribution is 0.251. The van der Waals surface area contributed by atoms with Crippen molar-refractivity contribution in [1.29, 1.82) is 0 Å². The number of aryl methyl sites for hydroxylation is 1. The predicted octanol–water partition coefficient (Wildman–Crippen LogP) is 6.51. The van der Waals surface area contributed by atoms with Crippen molar-refractivity contribution in [3.63, 3.8) is 0 Å². The van der Waals surface area contributed by atoms with E-state index in [1.807, 2.05) is 10.6 Å². The van der Waals surface area contributed by atoms with Gasteiger partial charge in [-0.1, -0.05) is 64.8 Å². The highest BCUT2D eigenvalue weighted by molar-refractivity contribution is 7.98. The Morgan fingerprint density at radius 2 is 1.76 bits per heavy atom. The van der Waals surface area contributed by atoms with Crippen LogP contribution in [0.15, 0.2) is 65.8 Å². The minimum absolute atomic E-state index is 0.0911. The van der Waals surface area contributed by atoms with E-state index < -0.39 is 6.03 Å².